The average Bonchev–Trinajstić information content (AvgIpc) is 3.13. The second-order valence-corrected chi connectivity index (χ2v) is 7.25. The zero-order chi connectivity index (χ0) is 22.3. The molecule has 1 aromatic heterocycles. The summed E-state index contributed by atoms with van der Waals surface area (Å²) in [6, 6.07) is 3.95. The first-order valence-electron chi connectivity index (χ1n) is 8.30. The van der Waals surface area contributed by atoms with Gasteiger partial charge in [0.05, 0.1) is 11.1 Å². The van der Waals surface area contributed by atoms with Gasteiger partial charge in [0.1, 0.15) is 11.6 Å². The van der Waals surface area contributed by atoms with Crippen LogP contribution in [-0.2, 0) is 4.79 Å². The number of nitrogens with one attached hydrogen (secondary N) is 2. The lowest BCUT2D eigenvalue weighted by Gasteiger charge is -2.32. The minimum atomic E-state index is -3.14. The lowest BCUT2D eigenvalue weighted by Crippen LogP contribution is -2.66. The number of rotatable bonds is 5. The van der Waals surface area contributed by atoms with Gasteiger partial charge in [-0.05, 0) is 49.0 Å². The maximum atomic E-state index is 13.1. The van der Waals surface area contributed by atoms with Crippen molar-refractivity contribution in [2.45, 2.75) is 24.9 Å². The SMILES string of the molecule is CC(N)(C(F)F)C(NC(=O)c1ccc(C#CC#Cc2cnc(N)s2)cc1)C(=O)NO. The summed E-state index contributed by atoms with van der Waals surface area (Å²) in [7, 11) is 0. The second-order valence-electron chi connectivity index (χ2n) is 6.19. The van der Waals surface area contributed by atoms with E-state index in [1.807, 2.05) is 0 Å². The van der Waals surface area contributed by atoms with E-state index in [9.17, 15) is 18.4 Å². The maximum Gasteiger partial charge on any atom is 0.268 e. The van der Waals surface area contributed by atoms with Crippen LogP contribution in [-0.4, -0.2) is 40.0 Å². The third-order valence-corrected chi connectivity index (χ3v) is 4.61. The minimum Gasteiger partial charge on any atom is -0.375 e. The molecule has 2 rings (SSSR count). The van der Waals surface area contributed by atoms with Gasteiger partial charge in [-0.25, -0.2) is 19.2 Å². The van der Waals surface area contributed by atoms with Gasteiger partial charge in [0.25, 0.3) is 18.2 Å². The molecule has 2 aromatic rings. The van der Waals surface area contributed by atoms with Crippen LogP contribution in [0.5, 0.6) is 0 Å². The molecule has 2 amide bonds. The van der Waals surface area contributed by atoms with Crippen molar-refractivity contribution in [1.82, 2.24) is 15.8 Å². The van der Waals surface area contributed by atoms with E-state index in [2.05, 4.69) is 34.0 Å². The highest BCUT2D eigenvalue weighted by atomic mass is 32.1. The molecule has 2 atom stereocenters. The van der Waals surface area contributed by atoms with E-state index in [4.69, 9.17) is 16.7 Å². The van der Waals surface area contributed by atoms with Crippen LogP contribution in [0.4, 0.5) is 13.9 Å². The van der Waals surface area contributed by atoms with Gasteiger partial charge < -0.3 is 16.8 Å². The van der Waals surface area contributed by atoms with Gasteiger partial charge in [-0.2, -0.15) is 0 Å². The summed E-state index contributed by atoms with van der Waals surface area (Å²) in [6.07, 6.45) is -1.60. The molecule has 0 fully saturated rings. The van der Waals surface area contributed by atoms with Crippen LogP contribution in [0.3, 0.4) is 0 Å². The normalized spacial score (nSPS) is 13.1. The van der Waals surface area contributed by atoms with Crippen molar-refractivity contribution in [2.75, 3.05) is 5.73 Å². The predicted octanol–water partition coefficient (Wildman–Crippen LogP) is 0.715. The number of alkyl halides is 2. The summed E-state index contributed by atoms with van der Waals surface area (Å²) in [5.74, 6) is 8.75. The number of benzene rings is 1. The molecule has 8 nitrogen and oxygen atoms in total. The molecular formula is C19H17F2N5O3S. The Balaban J connectivity index is 2.10. The highest BCUT2D eigenvalue weighted by Crippen LogP contribution is 2.18. The van der Waals surface area contributed by atoms with Gasteiger partial charge in [0, 0.05) is 11.1 Å². The number of carbonyl (C=O) groups excluding carboxylic acids is 2. The first-order valence-corrected chi connectivity index (χ1v) is 9.12. The molecule has 1 aromatic carbocycles. The molecule has 1 heterocycles. The summed E-state index contributed by atoms with van der Waals surface area (Å²) in [5, 5.41) is 11.3. The summed E-state index contributed by atoms with van der Waals surface area (Å²) in [6.45, 7) is 0.887. The van der Waals surface area contributed by atoms with Gasteiger partial charge >= 0.3 is 0 Å². The molecule has 0 spiro atoms. The Morgan fingerprint density at radius 3 is 2.40 bits per heavy atom. The fourth-order valence-electron chi connectivity index (χ4n) is 2.16. The first-order chi connectivity index (χ1) is 14.1. The van der Waals surface area contributed by atoms with Crippen molar-refractivity contribution >= 4 is 28.3 Å². The van der Waals surface area contributed by atoms with Crippen molar-refractivity contribution in [1.29, 1.82) is 0 Å². The van der Waals surface area contributed by atoms with Crippen molar-refractivity contribution in [2.24, 2.45) is 5.73 Å². The van der Waals surface area contributed by atoms with E-state index in [0.717, 1.165) is 6.92 Å². The minimum absolute atomic E-state index is 0.0765. The molecule has 2 unspecified atom stereocenters. The third-order valence-electron chi connectivity index (χ3n) is 3.87. The molecule has 30 heavy (non-hydrogen) atoms. The molecule has 0 bridgehead atoms. The number of hydroxylamine groups is 1. The molecule has 156 valence electrons. The summed E-state index contributed by atoms with van der Waals surface area (Å²) in [4.78, 5) is 28.6. The van der Waals surface area contributed by atoms with Gasteiger partial charge in [0.2, 0.25) is 0 Å². The van der Waals surface area contributed by atoms with Crippen molar-refractivity contribution in [3.63, 3.8) is 0 Å². The van der Waals surface area contributed by atoms with E-state index in [1.165, 1.54) is 47.3 Å². The number of amides is 2. The Hall–Kier alpha value is -3.51. The molecule has 0 aliphatic rings. The van der Waals surface area contributed by atoms with Crippen LogP contribution < -0.4 is 22.3 Å². The fraction of sp³-hybridized carbons (Fsp3) is 0.211. The monoisotopic (exact) mass is 433 g/mol. The molecule has 0 saturated heterocycles. The van der Waals surface area contributed by atoms with E-state index < -0.39 is 29.8 Å². The topological polar surface area (TPSA) is 143 Å². The zero-order valence-corrected chi connectivity index (χ0v) is 16.4. The van der Waals surface area contributed by atoms with Crippen molar-refractivity contribution < 1.29 is 23.6 Å². The molecule has 7 N–H and O–H groups in total. The standard InChI is InChI=1S/C19H17F2N5O3S/c1-19(23,17(20)21)14(16(28)26-29)25-15(27)12-8-6-11(7-9-12)4-2-3-5-13-10-24-18(22)30-13/h6-10,14,17,29H,23H2,1H3,(H2,22,24)(H,25,27)(H,26,28). The van der Waals surface area contributed by atoms with E-state index in [1.54, 1.807) is 0 Å². The Morgan fingerprint density at radius 2 is 1.87 bits per heavy atom. The number of aromatic nitrogens is 1. The number of nitrogens with two attached hydrogens (primary N) is 2. The van der Waals surface area contributed by atoms with Gasteiger partial charge in [-0.3, -0.25) is 14.8 Å². The second kappa shape index (κ2) is 9.80. The first kappa shape index (κ1) is 22.8. The fourth-order valence-corrected chi connectivity index (χ4v) is 2.69. The Bertz CT molecular complexity index is 1050. The maximum absolute atomic E-state index is 13.1. The summed E-state index contributed by atoms with van der Waals surface area (Å²) in [5.41, 5.74) is 10.4. The van der Waals surface area contributed by atoms with E-state index in [0.29, 0.717) is 15.6 Å². The highest BCUT2D eigenvalue weighted by molar-refractivity contribution is 7.15. The molecule has 0 radical (unpaired) electrons. The number of halogens is 2. The quantitative estimate of drug-likeness (QED) is 0.267. The van der Waals surface area contributed by atoms with Crippen LogP contribution in [0, 0.1) is 23.7 Å². The molecule has 11 heteroatoms. The number of nitrogen functional groups attached to an aromatic ring is 1. The lowest BCUT2D eigenvalue weighted by atomic mass is 9.92. The van der Waals surface area contributed by atoms with Crippen LogP contribution in [0.15, 0.2) is 30.5 Å². The zero-order valence-electron chi connectivity index (χ0n) is 15.6. The van der Waals surface area contributed by atoms with Crippen LogP contribution in [0.25, 0.3) is 0 Å². The number of hydrogen-bond acceptors (Lipinski definition) is 7. The van der Waals surface area contributed by atoms with E-state index in [-0.39, 0.29) is 5.56 Å². The van der Waals surface area contributed by atoms with Crippen LogP contribution in [0.1, 0.15) is 27.7 Å². The van der Waals surface area contributed by atoms with Gasteiger partial charge in [0.15, 0.2) is 5.13 Å². The number of hydrogen-bond donors (Lipinski definition) is 5. The Morgan fingerprint density at radius 1 is 1.23 bits per heavy atom. The van der Waals surface area contributed by atoms with E-state index >= 15 is 0 Å². The van der Waals surface area contributed by atoms with Gasteiger partial charge in [-0.15, -0.1) is 0 Å². The molecule has 0 saturated carbocycles. The smallest absolute Gasteiger partial charge is 0.268 e. The van der Waals surface area contributed by atoms with Crippen LogP contribution in [0.2, 0.25) is 0 Å². The molecule has 0 aliphatic heterocycles. The Labute approximate surface area is 174 Å². The van der Waals surface area contributed by atoms with Gasteiger partial charge in [-0.1, -0.05) is 17.3 Å². The number of anilines is 1. The highest BCUT2D eigenvalue weighted by Gasteiger charge is 2.44. The number of carbonyl (C=O) groups is 2. The summed E-state index contributed by atoms with van der Waals surface area (Å²) >= 11 is 1.23. The lowest BCUT2D eigenvalue weighted by molar-refractivity contribution is -0.134. The average molecular weight is 433 g/mol. The summed E-state index contributed by atoms with van der Waals surface area (Å²) < 4.78 is 26.3. The van der Waals surface area contributed by atoms with Crippen molar-refractivity contribution in [3.05, 3.63) is 46.5 Å². The molecular weight excluding hydrogens is 416 g/mol. The third kappa shape index (κ3) is 5.75. The number of thiazole rings is 1. The molecule has 0 aliphatic carbocycles. The van der Waals surface area contributed by atoms with Crippen molar-refractivity contribution in [3.8, 4) is 23.7 Å². The van der Waals surface area contributed by atoms with Crippen LogP contribution >= 0.6 is 11.3 Å². The number of nitrogens with zero attached hydrogens (tertiary/aromatic N) is 1. The predicted molar refractivity (Wildman–Crippen MR) is 107 cm³/mol. The largest absolute Gasteiger partial charge is 0.375 e. The Kier molecular flexibility index (Phi) is 7.44.